The number of fused-ring (bicyclic) bond motifs is 1. The number of hydrogen-bond donors (Lipinski definition) is 1. The lowest BCUT2D eigenvalue weighted by atomic mass is 10.1. The maximum absolute atomic E-state index is 6.46. The second kappa shape index (κ2) is 6.50. The quantitative estimate of drug-likeness (QED) is 0.598. The number of hydrogen-bond acceptors (Lipinski definition) is 2. The van der Waals surface area contributed by atoms with Crippen LogP contribution in [0.1, 0.15) is 23.8 Å². The van der Waals surface area contributed by atoms with Crippen LogP contribution in [0, 0.1) is 0 Å². The Morgan fingerprint density at radius 1 is 1.05 bits per heavy atom. The molecule has 0 amide bonds. The van der Waals surface area contributed by atoms with Crippen molar-refractivity contribution in [3.8, 4) is 0 Å². The van der Waals surface area contributed by atoms with Crippen molar-refractivity contribution >= 4 is 38.7 Å². The molecule has 21 heavy (non-hydrogen) atoms. The Hall–Kier alpha value is -1.51. The van der Waals surface area contributed by atoms with Gasteiger partial charge in [0, 0.05) is 20.7 Å². The van der Waals surface area contributed by atoms with Crippen molar-refractivity contribution < 1.29 is 0 Å². The lowest BCUT2D eigenvalue weighted by Gasteiger charge is -2.06. The highest BCUT2D eigenvalue weighted by Crippen LogP contribution is 2.35. The zero-order valence-corrected chi connectivity index (χ0v) is 13.6. The molecule has 0 radical (unpaired) electrons. The Bertz CT molecular complexity index is 731. The molecule has 3 heteroatoms. The summed E-state index contributed by atoms with van der Waals surface area (Å²) >= 11 is 8.22. The summed E-state index contributed by atoms with van der Waals surface area (Å²) in [6.45, 7) is 2.97. The van der Waals surface area contributed by atoms with Gasteiger partial charge in [-0.15, -0.1) is 11.3 Å². The van der Waals surface area contributed by atoms with E-state index in [9.17, 15) is 0 Å². The molecule has 0 fully saturated rings. The van der Waals surface area contributed by atoms with E-state index in [1.807, 2.05) is 6.07 Å². The highest BCUT2D eigenvalue weighted by molar-refractivity contribution is 7.19. The van der Waals surface area contributed by atoms with Crippen LogP contribution in [0.3, 0.4) is 0 Å². The Morgan fingerprint density at radius 3 is 2.52 bits per heavy atom. The van der Waals surface area contributed by atoms with Crippen LogP contribution < -0.4 is 5.32 Å². The van der Waals surface area contributed by atoms with E-state index >= 15 is 0 Å². The molecule has 1 nitrogen and oxygen atoms in total. The van der Waals surface area contributed by atoms with Gasteiger partial charge in [0.1, 0.15) is 0 Å². The Balaban J connectivity index is 1.72. The van der Waals surface area contributed by atoms with Gasteiger partial charge in [0.05, 0.1) is 11.6 Å². The molecule has 2 aromatic carbocycles. The third kappa shape index (κ3) is 3.22. The van der Waals surface area contributed by atoms with Crippen LogP contribution in [-0.2, 0) is 13.0 Å². The zero-order chi connectivity index (χ0) is 14.7. The minimum absolute atomic E-state index is 0.769. The van der Waals surface area contributed by atoms with E-state index < -0.39 is 0 Å². The van der Waals surface area contributed by atoms with Gasteiger partial charge in [0.2, 0.25) is 0 Å². The van der Waals surface area contributed by atoms with Gasteiger partial charge in [-0.05, 0) is 30.2 Å². The number of nitrogens with one attached hydrogen (secondary N) is 1. The molecule has 3 aromatic rings. The lowest BCUT2D eigenvalue weighted by molar-refractivity contribution is 0.922. The summed E-state index contributed by atoms with van der Waals surface area (Å²) in [6, 6.07) is 17.0. The first kappa shape index (κ1) is 14.4. The fraction of sp³-hybridized carbons (Fsp3) is 0.222. The summed E-state index contributed by atoms with van der Waals surface area (Å²) < 4.78 is 1.25. The zero-order valence-electron chi connectivity index (χ0n) is 12.0. The predicted octanol–water partition coefficient (Wildman–Crippen LogP) is 6.12. The average molecular weight is 316 g/mol. The van der Waals surface area contributed by atoms with Gasteiger partial charge in [-0.1, -0.05) is 55.3 Å². The Labute approximate surface area is 134 Å². The number of thiophene rings is 1. The largest absolute Gasteiger partial charge is 0.380 e. The minimum atomic E-state index is 0.769. The number of aryl methyl sites for hydroxylation is 1. The minimum Gasteiger partial charge on any atom is -0.380 e. The molecular weight excluding hydrogens is 298 g/mol. The first-order chi connectivity index (χ1) is 10.3. The third-order valence-corrected chi connectivity index (χ3v) is 5.26. The third-order valence-electron chi connectivity index (χ3n) is 3.55. The first-order valence-electron chi connectivity index (χ1n) is 7.26. The molecule has 0 unspecified atom stereocenters. The maximum atomic E-state index is 6.46. The Kier molecular flexibility index (Phi) is 4.47. The van der Waals surface area contributed by atoms with Crippen LogP contribution in [0.15, 0.2) is 48.5 Å². The average Bonchev–Trinajstić information content (AvgIpc) is 2.84. The highest BCUT2D eigenvalue weighted by Gasteiger charge is 2.09. The van der Waals surface area contributed by atoms with Crippen molar-refractivity contribution in [2.45, 2.75) is 26.3 Å². The van der Waals surface area contributed by atoms with E-state index in [1.165, 1.54) is 21.6 Å². The molecule has 1 aromatic heterocycles. The van der Waals surface area contributed by atoms with E-state index in [0.29, 0.717) is 0 Å². The number of rotatable bonds is 5. The summed E-state index contributed by atoms with van der Waals surface area (Å²) in [5.41, 5.74) is 2.53. The van der Waals surface area contributed by atoms with Gasteiger partial charge < -0.3 is 5.32 Å². The van der Waals surface area contributed by atoms with Gasteiger partial charge in [-0.3, -0.25) is 0 Å². The van der Waals surface area contributed by atoms with Crippen molar-refractivity contribution in [3.05, 3.63) is 64.0 Å². The second-order valence-corrected chi connectivity index (χ2v) is 6.65. The van der Waals surface area contributed by atoms with Crippen molar-refractivity contribution in [2.75, 3.05) is 5.32 Å². The fourth-order valence-electron chi connectivity index (χ4n) is 2.44. The highest BCUT2D eigenvalue weighted by atomic mass is 35.5. The topological polar surface area (TPSA) is 12.0 Å². The number of anilines is 1. The molecule has 3 rings (SSSR count). The van der Waals surface area contributed by atoms with Crippen LogP contribution in [0.2, 0.25) is 5.02 Å². The van der Waals surface area contributed by atoms with E-state index in [2.05, 4.69) is 54.7 Å². The summed E-state index contributed by atoms with van der Waals surface area (Å²) in [4.78, 5) is 1.19. The summed E-state index contributed by atoms with van der Waals surface area (Å²) in [5.74, 6) is 0. The SMILES string of the molecule is CCCc1ccc(NCc2sc3ccccc3c2Cl)cc1. The standard InChI is InChI=1S/C18H18ClNS/c1-2-5-13-8-10-14(11-9-13)20-12-17-18(19)15-6-3-4-7-16(15)21-17/h3-4,6-11,20H,2,5,12H2,1H3. The van der Waals surface area contributed by atoms with Gasteiger partial charge in [0.15, 0.2) is 0 Å². The molecule has 1 heterocycles. The maximum Gasteiger partial charge on any atom is 0.0642 e. The molecule has 0 aliphatic carbocycles. The molecule has 0 bridgehead atoms. The molecule has 0 saturated carbocycles. The van der Waals surface area contributed by atoms with Crippen LogP contribution in [0.5, 0.6) is 0 Å². The molecule has 1 N–H and O–H groups in total. The van der Waals surface area contributed by atoms with Crippen molar-refractivity contribution in [1.82, 2.24) is 0 Å². The normalized spacial score (nSPS) is 11.0. The molecule has 0 saturated heterocycles. The van der Waals surface area contributed by atoms with Crippen molar-refractivity contribution in [1.29, 1.82) is 0 Å². The van der Waals surface area contributed by atoms with E-state index in [1.54, 1.807) is 11.3 Å². The number of halogens is 1. The summed E-state index contributed by atoms with van der Waals surface area (Å²) in [7, 11) is 0. The predicted molar refractivity (Wildman–Crippen MR) is 94.6 cm³/mol. The summed E-state index contributed by atoms with van der Waals surface area (Å²) in [5, 5.41) is 5.49. The summed E-state index contributed by atoms with van der Waals surface area (Å²) in [6.07, 6.45) is 2.33. The van der Waals surface area contributed by atoms with Crippen LogP contribution in [-0.4, -0.2) is 0 Å². The van der Waals surface area contributed by atoms with Gasteiger partial charge in [-0.25, -0.2) is 0 Å². The van der Waals surface area contributed by atoms with Crippen LogP contribution in [0.25, 0.3) is 10.1 Å². The van der Waals surface area contributed by atoms with E-state index in [-0.39, 0.29) is 0 Å². The first-order valence-corrected chi connectivity index (χ1v) is 8.46. The Morgan fingerprint density at radius 2 is 1.81 bits per heavy atom. The van der Waals surface area contributed by atoms with Crippen LogP contribution >= 0.6 is 22.9 Å². The molecule has 0 aliphatic rings. The van der Waals surface area contributed by atoms with Crippen molar-refractivity contribution in [3.63, 3.8) is 0 Å². The van der Waals surface area contributed by atoms with E-state index in [0.717, 1.165) is 29.1 Å². The molecular formula is C18H18ClNS. The van der Waals surface area contributed by atoms with Crippen LogP contribution in [0.4, 0.5) is 5.69 Å². The van der Waals surface area contributed by atoms with E-state index in [4.69, 9.17) is 11.6 Å². The molecule has 0 aliphatic heterocycles. The fourth-order valence-corrected chi connectivity index (χ4v) is 3.88. The smallest absolute Gasteiger partial charge is 0.0642 e. The second-order valence-electron chi connectivity index (χ2n) is 5.14. The monoisotopic (exact) mass is 315 g/mol. The lowest BCUT2D eigenvalue weighted by Crippen LogP contribution is -1.97. The molecule has 0 atom stereocenters. The molecule has 0 spiro atoms. The molecule has 108 valence electrons. The van der Waals surface area contributed by atoms with Crippen molar-refractivity contribution in [2.24, 2.45) is 0 Å². The van der Waals surface area contributed by atoms with Gasteiger partial charge >= 0.3 is 0 Å². The van der Waals surface area contributed by atoms with Gasteiger partial charge in [0.25, 0.3) is 0 Å². The van der Waals surface area contributed by atoms with Gasteiger partial charge in [-0.2, -0.15) is 0 Å². The number of benzene rings is 2.